The second-order valence-electron chi connectivity index (χ2n) is 8.11. The van der Waals surface area contributed by atoms with E-state index in [-0.39, 0.29) is 59.0 Å². The number of hydrogen-bond acceptors (Lipinski definition) is 6. The van der Waals surface area contributed by atoms with Crippen LogP contribution >= 0.6 is 11.6 Å². The molecule has 1 aromatic carbocycles. The first-order valence-electron chi connectivity index (χ1n) is 10.2. The van der Waals surface area contributed by atoms with Gasteiger partial charge in [-0.25, -0.2) is 0 Å². The van der Waals surface area contributed by atoms with Gasteiger partial charge in [0.25, 0.3) is 11.8 Å². The van der Waals surface area contributed by atoms with Gasteiger partial charge in [-0.3, -0.25) is 39.7 Å². The molecular formula is C21H22ClN3O6. The number of carbonyl (C=O) groups is 5. The molecule has 1 aromatic rings. The van der Waals surface area contributed by atoms with Crippen LogP contribution in [0.5, 0.6) is 0 Å². The molecule has 1 aliphatic heterocycles. The zero-order valence-electron chi connectivity index (χ0n) is 16.6. The number of likely N-dealkylation sites (tertiary alicyclic amines) is 1. The van der Waals surface area contributed by atoms with Gasteiger partial charge < -0.3 is 4.74 Å². The Balaban J connectivity index is 1.18. The summed E-state index contributed by atoms with van der Waals surface area (Å²) in [4.78, 5) is 62.1. The summed E-state index contributed by atoms with van der Waals surface area (Å²) in [5.74, 6) is -2.33. The highest BCUT2D eigenvalue weighted by Gasteiger charge is 2.60. The van der Waals surface area contributed by atoms with E-state index in [0.29, 0.717) is 0 Å². The number of nitrogens with zero attached hydrogens (tertiary/aromatic N) is 1. The Morgan fingerprint density at radius 2 is 1.68 bits per heavy atom. The Bertz CT molecular complexity index is 923. The van der Waals surface area contributed by atoms with Crippen molar-refractivity contribution >= 4 is 41.2 Å². The summed E-state index contributed by atoms with van der Waals surface area (Å²) in [6, 6.07) is 6.31. The summed E-state index contributed by atoms with van der Waals surface area (Å²) < 4.78 is 4.87. The van der Waals surface area contributed by atoms with Crippen LogP contribution in [0.25, 0.3) is 0 Å². The summed E-state index contributed by atoms with van der Waals surface area (Å²) in [7, 11) is 0. The molecule has 0 radical (unpaired) electrons. The van der Waals surface area contributed by atoms with E-state index in [2.05, 4.69) is 10.9 Å². The third-order valence-electron chi connectivity index (χ3n) is 6.36. The van der Waals surface area contributed by atoms with Gasteiger partial charge in [0.2, 0.25) is 11.8 Å². The number of imide groups is 1. The summed E-state index contributed by atoms with van der Waals surface area (Å²) in [6.07, 6.45) is 2.74. The zero-order valence-corrected chi connectivity index (χ0v) is 17.4. The number of fused-ring (bicyclic) bond motifs is 5. The fraction of sp³-hybridized carbons (Fsp3) is 0.476. The molecule has 1 heterocycles. The first kappa shape index (κ1) is 21.3. The predicted octanol–water partition coefficient (Wildman–Crippen LogP) is 1.07. The lowest BCUT2D eigenvalue weighted by molar-refractivity contribution is -0.150. The van der Waals surface area contributed by atoms with E-state index in [4.69, 9.17) is 16.3 Å². The first-order valence-corrected chi connectivity index (χ1v) is 10.6. The van der Waals surface area contributed by atoms with Gasteiger partial charge in [0.05, 0.1) is 28.8 Å². The summed E-state index contributed by atoms with van der Waals surface area (Å²) in [6.45, 7) is -0.660. The van der Waals surface area contributed by atoms with Crippen LogP contribution < -0.4 is 10.9 Å². The smallest absolute Gasteiger partial charge is 0.308 e. The van der Waals surface area contributed by atoms with Crippen LogP contribution in [0.3, 0.4) is 0 Å². The minimum absolute atomic E-state index is 0.0478. The molecule has 10 heteroatoms. The van der Waals surface area contributed by atoms with Crippen molar-refractivity contribution in [3.05, 3.63) is 34.9 Å². The quantitative estimate of drug-likeness (QED) is 0.382. The fourth-order valence-electron chi connectivity index (χ4n) is 4.99. The maximum Gasteiger partial charge on any atom is 0.308 e. The largest absolute Gasteiger partial charge is 0.455 e. The molecule has 0 unspecified atom stereocenters. The standard InChI is InChI=1S/C21H22ClN3O6/c22-14-4-2-1-3-13(14)19(28)24-23-15(26)10-31-16(27)7-8-25-20(29)17-11-5-6-12(9-11)18(17)21(25)30/h1-4,11-12,17-18H,5-10H2,(H,23,26)(H,24,28)/t11-,12-,17-,18+/m0/s1. The van der Waals surface area contributed by atoms with Crippen molar-refractivity contribution in [3.63, 3.8) is 0 Å². The molecule has 2 aliphatic carbocycles. The van der Waals surface area contributed by atoms with Crippen molar-refractivity contribution in [3.8, 4) is 0 Å². The van der Waals surface area contributed by atoms with Gasteiger partial charge in [-0.15, -0.1) is 0 Å². The topological polar surface area (TPSA) is 122 Å². The Hall–Kier alpha value is -2.94. The molecular weight excluding hydrogens is 426 g/mol. The van der Waals surface area contributed by atoms with Crippen molar-refractivity contribution in [1.29, 1.82) is 0 Å². The molecule has 2 saturated carbocycles. The van der Waals surface area contributed by atoms with E-state index in [1.54, 1.807) is 12.1 Å². The van der Waals surface area contributed by atoms with Crippen LogP contribution in [0.4, 0.5) is 0 Å². The SMILES string of the molecule is O=C(COC(=O)CCN1C(=O)[C@@H]2[C@H]3CC[C@@H](C3)[C@@H]2C1=O)NNC(=O)c1ccccc1Cl. The van der Waals surface area contributed by atoms with Gasteiger partial charge in [-0.05, 0) is 43.2 Å². The minimum Gasteiger partial charge on any atom is -0.455 e. The number of ether oxygens (including phenoxy) is 1. The number of carbonyl (C=O) groups excluding carboxylic acids is 5. The van der Waals surface area contributed by atoms with Crippen LogP contribution in [0, 0.1) is 23.7 Å². The fourth-order valence-corrected chi connectivity index (χ4v) is 5.21. The molecule has 2 N–H and O–H groups in total. The van der Waals surface area contributed by atoms with E-state index in [9.17, 15) is 24.0 Å². The molecule has 4 atom stereocenters. The van der Waals surface area contributed by atoms with Crippen molar-refractivity contribution < 1.29 is 28.7 Å². The van der Waals surface area contributed by atoms with Crippen LogP contribution in [0.15, 0.2) is 24.3 Å². The molecule has 3 aliphatic rings. The third kappa shape index (κ3) is 4.14. The molecule has 3 fully saturated rings. The third-order valence-corrected chi connectivity index (χ3v) is 6.69. The molecule has 0 aromatic heterocycles. The molecule has 2 bridgehead atoms. The highest BCUT2D eigenvalue weighted by atomic mass is 35.5. The van der Waals surface area contributed by atoms with Gasteiger partial charge >= 0.3 is 5.97 Å². The Kier molecular flexibility index (Phi) is 5.95. The average molecular weight is 448 g/mol. The van der Waals surface area contributed by atoms with E-state index in [1.165, 1.54) is 17.0 Å². The van der Waals surface area contributed by atoms with Gasteiger partial charge in [-0.1, -0.05) is 23.7 Å². The number of amides is 4. The first-order chi connectivity index (χ1) is 14.9. The van der Waals surface area contributed by atoms with Gasteiger partial charge in [-0.2, -0.15) is 0 Å². The maximum atomic E-state index is 12.6. The van der Waals surface area contributed by atoms with Gasteiger partial charge in [0.15, 0.2) is 6.61 Å². The summed E-state index contributed by atoms with van der Waals surface area (Å²) in [5.41, 5.74) is 4.48. The van der Waals surface area contributed by atoms with Crippen LogP contribution in [-0.4, -0.2) is 47.6 Å². The van der Waals surface area contributed by atoms with Gasteiger partial charge in [0.1, 0.15) is 0 Å². The average Bonchev–Trinajstić information content (AvgIpc) is 3.43. The normalized spacial score (nSPS) is 26.0. The maximum absolute atomic E-state index is 12.6. The lowest BCUT2D eigenvalue weighted by atomic mass is 9.81. The number of benzene rings is 1. The Labute approximate surface area is 183 Å². The van der Waals surface area contributed by atoms with E-state index in [1.807, 2.05) is 0 Å². The van der Waals surface area contributed by atoms with Crippen molar-refractivity contribution in [1.82, 2.24) is 15.8 Å². The molecule has 31 heavy (non-hydrogen) atoms. The molecule has 4 rings (SSSR count). The van der Waals surface area contributed by atoms with Gasteiger partial charge in [0, 0.05) is 6.54 Å². The minimum atomic E-state index is -0.742. The van der Waals surface area contributed by atoms with Crippen LogP contribution in [0.1, 0.15) is 36.0 Å². The number of hydrogen-bond donors (Lipinski definition) is 2. The summed E-state index contributed by atoms with van der Waals surface area (Å²) >= 11 is 5.90. The molecule has 0 spiro atoms. The molecule has 9 nitrogen and oxygen atoms in total. The molecule has 1 saturated heterocycles. The number of hydrazine groups is 1. The van der Waals surface area contributed by atoms with Crippen molar-refractivity contribution in [2.45, 2.75) is 25.7 Å². The highest BCUT2D eigenvalue weighted by molar-refractivity contribution is 6.33. The zero-order chi connectivity index (χ0) is 22.1. The van der Waals surface area contributed by atoms with E-state index < -0.39 is 24.4 Å². The monoisotopic (exact) mass is 447 g/mol. The lowest BCUT2D eigenvalue weighted by Crippen LogP contribution is -2.43. The van der Waals surface area contributed by atoms with Crippen molar-refractivity contribution in [2.24, 2.45) is 23.7 Å². The Morgan fingerprint density at radius 1 is 1.03 bits per heavy atom. The second-order valence-corrected chi connectivity index (χ2v) is 8.51. The van der Waals surface area contributed by atoms with Crippen LogP contribution in [-0.2, 0) is 23.9 Å². The Morgan fingerprint density at radius 3 is 2.32 bits per heavy atom. The van der Waals surface area contributed by atoms with E-state index in [0.717, 1.165) is 19.3 Å². The summed E-state index contributed by atoms with van der Waals surface area (Å²) in [5, 5.41) is 0.226. The lowest BCUT2D eigenvalue weighted by Gasteiger charge is -2.19. The number of esters is 1. The van der Waals surface area contributed by atoms with E-state index >= 15 is 0 Å². The number of rotatable bonds is 6. The molecule has 164 valence electrons. The number of halogens is 1. The van der Waals surface area contributed by atoms with Crippen molar-refractivity contribution in [2.75, 3.05) is 13.2 Å². The predicted molar refractivity (Wildman–Crippen MR) is 107 cm³/mol. The number of nitrogens with one attached hydrogen (secondary N) is 2. The molecule has 4 amide bonds. The van der Waals surface area contributed by atoms with Crippen LogP contribution in [0.2, 0.25) is 5.02 Å². The second kappa shape index (κ2) is 8.66. The highest BCUT2D eigenvalue weighted by Crippen LogP contribution is 2.56.